The summed E-state index contributed by atoms with van der Waals surface area (Å²) >= 11 is 0. The molecule has 5 rings (SSSR count). The maximum atomic E-state index is 13.8. The number of carboxylic acids is 1. The first-order valence-corrected chi connectivity index (χ1v) is 10.9. The van der Waals surface area contributed by atoms with Crippen molar-refractivity contribution >= 4 is 28.3 Å². The number of rotatable bonds is 6. The van der Waals surface area contributed by atoms with Crippen LogP contribution in [0.25, 0.3) is 22.3 Å². The molecule has 35 heavy (non-hydrogen) atoms. The number of aromatic hydroxyl groups is 1. The number of aryl methyl sites for hydroxylation is 1. The van der Waals surface area contributed by atoms with Crippen LogP contribution in [0.1, 0.15) is 16.7 Å². The Hall–Kier alpha value is -4.72. The van der Waals surface area contributed by atoms with Crippen LogP contribution in [0.3, 0.4) is 0 Å². The number of carboxylic acid groups (broad SMARTS) is 1. The van der Waals surface area contributed by atoms with Crippen molar-refractivity contribution in [3.05, 3.63) is 102 Å². The minimum atomic E-state index is -0.948. The highest BCUT2D eigenvalue weighted by Gasteiger charge is 2.20. The Morgan fingerprint density at radius 2 is 1.91 bits per heavy atom. The highest BCUT2D eigenvalue weighted by molar-refractivity contribution is 6.22. The molecule has 8 heteroatoms. The van der Waals surface area contributed by atoms with E-state index < -0.39 is 11.8 Å². The number of aliphatic imine (C=N–C) groups is 1. The third-order valence-corrected chi connectivity index (χ3v) is 5.72. The van der Waals surface area contributed by atoms with E-state index in [0.717, 1.165) is 11.4 Å². The van der Waals surface area contributed by atoms with E-state index in [4.69, 9.17) is 4.99 Å². The summed E-state index contributed by atoms with van der Waals surface area (Å²) in [7, 11) is 1.92. The van der Waals surface area contributed by atoms with Crippen molar-refractivity contribution in [2.24, 2.45) is 12.0 Å². The molecule has 0 saturated carbocycles. The molecule has 0 aliphatic carbocycles. The Bertz CT molecular complexity index is 1580. The lowest BCUT2D eigenvalue weighted by molar-refractivity contribution is -0.136. The molecule has 0 amide bonds. The topological polar surface area (TPSA) is 104 Å². The van der Waals surface area contributed by atoms with E-state index in [2.05, 4.69) is 9.97 Å². The first-order chi connectivity index (χ1) is 16.9. The van der Waals surface area contributed by atoms with Gasteiger partial charge in [0.1, 0.15) is 11.6 Å². The molecule has 174 valence electrons. The van der Waals surface area contributed by atoms with Crippen molar-refractivity contribution < 1.29 is 19.4 Å². The zero-order chi connectivity index (χ0) is 24.5. The summed E-state index contributed by atoms with van der Waals surface area (Å²) in [5, 5.41) is 20.6. The number of aromatic amines is 1. The van der Waals surface area contributed by atoms with Crippen molar-refractivity contribution in [2.45, 2.75) is 6.42 Å². The van der Waals surface area contributed by atoms with E-state index in [0.29, 0.717) is 39.0 Å². The van der Waals surface area contributed by atoms with E-state index >= 15 is 0 Å². The first kappa shape index (κ1) is 22.1. The van der Waals surface area contributed by atoms with Gasteiger partial charge in [0.05, 0.1) is 28.9 Å². The molecule has 0 radical (unpaired) electrons. The third-order valence-electron chi connectivity index (χ3n) is 5.72. The minimum absolute atomic E-state index is 0.148. The molecule has 0 spiro atoms. The number of H-pyrrole nitrogens is 1. The second kappa shape index (κ2) is 8.90. The van der Waals surface area contributed by atoms with E-state index in [1.165, 1.54) is 12.1 Å². The van der Waals surface area contributed by atoms with Gasteiger partial charge >= 0.3 is 5.97 Å². The van der Waals surface area contributed by atoms with Crippen molar-refractivity contribution in [2.75, 3.05) is 0 Å². The monoisotopic (exact) mass is 468 g/mol. The van der Waals surface area contributed by atoms with Gasteiger partial charge in [-0.1, -0.05) is 18.2 Å². The highest BCUT2D eigenvalue weighted by atomic mass is 19.1. The average molecular weight is 468 g/mol. The number of hydrogen-bond acceptors (Lipinski definition) is 4. The molecule has 5 aromatic rings. The number of nitrogens with zero attached hydrogens (tertiary/aromatic N) is 3. The summed E-state index contributed by atoms with van der Waals surface area (Å²) in [5.74, 6) is -0.718. The van der Waals surface area contributed by atoms with Gasteiger partial charge in [-0.2, -0.15) is 0 Å². The van der Waals surface area contributed by atoms with Crippen LogP contribution in [0.15, 0.2) is 84.1 Å². The van der Waals surface area contributed by atoms with Gasteiger partial charge in [0.2, 0.25) is 0 Å². The van der Waals surface area contributed by atoms with Crippen LogP contribution in [0, 0.1) is 5.82 Å². The van der Waals surface area contributed by atoms with Gasteiger partial charge in [-0.15, -0.1) is 0 Å². The van der Waals surface area contributed by atoms with Crippen LogP contribution in [0.2, 0.25) is 0 Å². The first-order valence-electron chi connectivity index (χ1n) is 10.9. The Kier molecular flexibility index (Phi) is 5.62. The normalized spacial score (nSPS) is 11.8. The third kappa shape index (κ3) is 4.41. The second-order valence-electron chi connectivity index (χ2n) is 8.18. The summed E-state index contributed by atoms with van der Waals surface area (Å²) < 4.78 is 15.7. The number of carbonyl (C=O) groups is 1. The van der Waals surface area contributed by atoms with Gasteiger partial charge < -0.3 is 19.8 Å². The number of nitrogens with one attached hydrogen (secondary N) is 1. The molecule has 3 aromatic carbocycles. The van der Waals surface area contributed by atoms with Crippen LogP contribution in [0.4, 0.5) is 10.1 Å². The van der Waals surface area contributed by atoms with E-state index in [9.17, 15) is 19.4 Å². The summed E-state index contributed by atoms with van der Waals surface area (Å²) in [5.41, 5.74) is 4.02. The van der Waals surface area contributed by atoms with E-state index in [-0.39, 0.29) is 12.3 Å². The second-order valence-corrected chi connectivity index (χ2v) is 8.18. The van der Waals surface area contributed by atoms with Gasteiger partial charge in [-0.25, -0.2) is 14.4 Å². The summed E-state index contributed by atoms with van der Waals surface area (Å²) in [6.45, 7) is 0. The lowest BCUT2D eigenvalue weighted by atomic mass is 9.98. The Balaban J connectivity index is 1.67. The zero-order valence-electron chi connectivity index (χ0n) is 18.7. The van der Waals surface area contributed by atoms with Crippen molar-refractivity contribution in [1.82, 2.24) is 14.5 Å². The fourth-order valence-corrected chi connectivity index (χ4v) is 4.12. The van der Waals surface area contributed by atoms with Crippen LogP contribution in [0.5, 0.6) is 5.88 Å². The molecular weight excluding hydrogens is 447 g/mol. The molecule has 0 fully saturated rings. The molecule has 0 atom stereocenters. The van der Waals surface area contributed by atoms with Crippen molar-refractivity contribution in [1.29, 1.82) is 0 Å². The van der Waals surface area contributed by atoms with Crippen LogP contribution >= 0.6 is 0 Å². The SMILES string of the molecule is Cn1ccnc1-c1ccc(N=C(c2cccc(CC(=O)O)c2)c2c(O)[nH]c3cc(F)ccc23)cc1. The molecule has 0 saturated heterocycles. The molecule has 2 heterocycles. The Labute approximate surface area is 199 Å². The molecule has 0 aliphatic heterocycles. The maximum absolute atomic E-state index is 13.8. The van der Waals surface area contributed by atoms with Gasteiger partial charge in [0.15, 0.2) is 5.88 Å². The summed E-state index contributed by atoms with van der Waals surface area (Å²) in [6, 6.07) is 18.7. The molecule has 3 N–H and O–H groups in total. The smallest absolute Gasteiger partial charge is 0.307 e. The maximum Gasteiger partial charge on any atom is 0.307 e. The quantitative estimate of drug-likeness (QED) is 0.298. The number of benzene rings is 3. The molecule has 0 bridgehead atoms. The van der Waals surface area contributed by atoms with Gasteiger partial charge in [-0.3, -0.25) is 4.79 Å². The average Bonchev–Trinajstić information content (AvgIpc) is 3.39. The van der Waals surface area contributed by atoms with Gasteiger partial charge in [-0.05, 0) is 54.1 Å². The van der Waals surface area contributed by atoms with E-state index in [1.54, 1.807) is 36.5 Å². The fourth-order valence-electron chi connectivity index (χ4n) is 4.12. The number of aliphatic carboxylic acids is 1. The standard InChI is InChI=1S/C27H21FN4O3/c1-32-12-11-29-26(32)17-5-8-20(9-6-17)30-25(18-4-2-3-16(13-18)14-23(33)34)24-21-10-7-19(28)15-22(21)31-27(24)35/h2-13,15,31,35H,14H2,1H3,(H,33,34). The van der Waals surface area contributed by atoms with Gasteiger partial charge in [0, 0.05) is 36.0 Å². The number of fused-ring (bicyclic) bond motifs is 1. The molecule has 0 unspecified atom stereocenters. The molecule has 0 aliphatic rings. The number of halogens is 1. The van der Waals surface area contributed by atoms with Gasteiger partial charge in [0.25, 0.3) is 0 Å². The predicted octanol–water partition coefficient (Wildman–Crippen LogP) is 5.21. The van der Waals surface area contributed by atoms with Crippen molar-refractivity contribution in [3.63, 3.8) is 0 Å². The predicted molar refractivity (Wildman–Crippen MR) is 132 cm³/mol. The van der Waals surface area contributed by atoms with Crippen LogP contribution in [-0.2, 0) is 18.3 Å². The molecule has 7 nitrogen and oxygen atoms in total. The van der Waals surface area contributed by atoms with Crippen LogP contribution < -0.4 is 0 Å². The largest absolute Gasteiger partial charge is 0.494 e. The lowest BCUT2D eigenvalue weighted by Gasteiger charge is -2.10. The van der Waals surface area contributed by atoms with Crippen molar-refractivity contribution in [3.8, 4) is 17.3 Å². The van der Waals surface area contributed by atoms with E-state index in [1.807, 2.05) is 42.1 Å². The Morgan fingerprint density at radius 1 is 1.11 bits per heavy atom. The Morgan fingerprint density at radius 3 is 2.63 bits per heavy atom. The lowest BCUT2D eigenvalue weighted by Crippen LogP contribution is -2.06. The number of imidazole rings is 1. The summed E-state index contributed by atoms with van der Waals surface area (Å²) in [4.78, 5) is 23.3. The zero-order valence-corrected chi connectivity index (χ0v) is 18.7. The summed E-state index contributed by atoms with van der Waals surface area (Å²) in [6.07, 6.45) is 3.45. The molecule has 2 aromatic heterocycles. The molecular formula is C27H21FN4O3. The number of aromatic nitrogens is 3. The van der Waals surface area contributed by atoms with Crippen LogP contribution in [-0.4, -0.2) is 36.4 Å². The highest BCUT2D eigenvalue weighted by Crippen LogP contribution is 2.32. The minimum Gasteiger partial charge on any atom is -0.494 e. The number of hydrogen-bond donors (Lipinski definition) is 3. The fraction of sp³-hybridized carbons (Fsp3) is 0.0741.